The molecule has 2 N–H and O–H groups in total. The normalized spacial score (nSPS) is 11.9. The van der Waals surface area contributed by atoms with Gasteiger partial charge in [-0.2, -0.15) is 0 Å². The molecule has 0 aliphatic rings. The van der Waals surface area contributed by atoms with Crippen molar-refractivity contribution in [2.75, 3.05) is 26.8 Å². The van der Waals surface area contributed by atoms with E-state index in [0.29, 0.717) is 19.7 Å². The lowest BCUT2D eigenvalue weighted by molar-refractivity contribution is 0.203. The number of aromatic nitrogens is 3. The van der Waals surface area contributed by atoms with Gasteiger partial charge in [0.2, 0.25) is 0 Å². The molecule has 0 fully saturated rings. The average Bonchev–Trinajstić information content (AvgIpc) is 2.97. The predicted octanol–water partition coefficient (Wildman–Crippen LogP) is 2.96. The third-order valence-corrected chi connectivity index (χ3v) is 4.69. The van der Waals surface area contributed by atoms with E-state index < -0.39 is 0 Å². The van der Waals surface area contributed by atoms with Crippen LogP contribution in [0.15, 0.2) is 29.3 Å². The molecule has 0 saturated carbocycles. The van der Waals surface area contributed by atoms with Crippen LogP contribution in [0.4, 0.5) is 0 Å². The first-order valence-electron chi connectivity index (χ1n) is 9.76. The average molecular weight is 514 g/mol. The van der Waals surface area contributed by atoms with Crippen molar-refractivity contribution in [3.8, 4) is 0 Å². The predicted molar refractivity (Wildman–Crippen MR) is 129 cm³/mol. The number of halogens is 1. The van der Waals surface area contributed by atoms with Crippen LogP contribution in [0, 0.1) is 6.92 Å². The van der Waals surface area contributed by atoms with Crippen LogP contribution in [0.5, 0.6) is 0 Å². The van der Waals surface area contributed by atoms with E-state index in [-0.39, 0.29) is 29.4 Å². The summed E-state index contributed by atoms with van der Waals surface area (Å²) < 4.78 is 7.07. The molecule has 0 aliphatic heterocycles. The number of ether oxygens (including phenoxy) is 1. The number of methoxy groups -OCH3 is 1. The maximum absolute atomic E-state index is 5.12. The van der Waals surface area contributed by atoms with E-state index in [4.69, 9.17) is 4.74 Å². The zero-order valence-electron chi connectivity index (χ0n) is 18.5. The van der Waals surface area contributed by atoms with E-state index in [9.17, 15) is 0 Å². The molecule has 0 radical (unpaired) electrons. The molecule has 8 heteroatoms. The van der Waals surface area contributed by atoms with Gasteiger partial charge >= 0.3 is 0 Å². The topological polar surface area (TPSA) is 76.4 Å². The number of aryl methyl sites for hydroxylation is 1. The minimum atomic E-state index is 0. The Labute approximate surface area is 191 Å². The monoisotopic (exact) mass is 514 g/mol. The quantitative estimate of drug-likeness (QED) is 0.245. The van der Waals surface area contributed by atoms with Crippen molar-refractivity contribution in [2.45, 2.75) is 46.1 Å². The zero-order chi connectivity index (χ0) is 20.6. The van der Waals surface area contributed by atoms with Crippen LogP contribution in [0.2, 0.25) is 0 Å². The van der Waals surface area contributed by atoms with Crippen LogP contribution in [0.25, 0.3) is 0 Å². The molecule has 1 aromatic carbocycles. The lowest BCUT2D eigenvalue weighted by Crippen LogP contribution is -2.40. The molecule has 0 saturated heterocycles. The van der Waals surface area contributed by atoms with E-state index >= 15 is 0 Å². The zero-order valence-corrected chi connectivity index (χ0v) is 20.8. The lowest BCUT2D eigenvalue weighted by Gasteiger charge is -2.19. The summed E-state index contributed by atoms with van der Waals surface area (Å²) >= 11 is 0. The highest BCUT2D eigenvalue weighted by atomic mass is 127. The number of nitrogens with zero attached hydrogens (tertiary/aromatic N) is 4. The standard InChI is InChI=1S/C21H34N6O.HI/c1-16-25-26-19(27(16)5)15-24-20(23-13-14-28-6)22-12-11-17-7-9-18(10-8-17)21(2,3)4;/h7-10H,11-15H2,1-6H3,(H2,22,23,24);1H. The number of benzene rings is 1. The minimum Gasteiger partial charge on any atom is -0.383 e. The minimum absolute atomic E-state index is 0. The number of hydrogen-bond donors (Lipinski definition) is 2. The summed E-state index contributed by atoms with van der Waals surface area (Å²) in [5.41, 5.74) is 2.84. The Morgan fingerprint density at radius 2 is 1.76 bits per heavy atom. The Kier molecular flexibility index (Phi) is 10.6. The molecule has 2 aromatic rings. The van der Waals surface area contributed by atoms with Crippen molar-refractivity contribution in [1.29, 1.82) is 0 Å². The second kappa shape index (κ2) is 12.1. The van der Waals surface area contributed by atoms with Gasteiger partial charge in [-0.15, -0.1) is 34.2 Å². The molecule has 2 rings (SSSR count). The molecule has 29 heavy (non-hydrogen) atoms. The van der Waals surface area contributed by atoms with Gasteiger partial charge in [-0.3, -0.25) is 0 Å². The summed E-state index contributed by atoms with van der Waals surface area (Å²) in [6.45, 7) is 11.2. The molecule has 0 aliphatic carbocycles. The summed E-state index contributed by atoms with van der Waals surface area (Å²) in [5, 5.41) is 14.9. The first-order chi connectivity index (χ1) is 13.3. The molecule has 7 nitrogen and oxygen atoms in total. The summed E-state index contributed by atoms with van der Waals surface area (Å²) in [4.78, 5) is 4.63. The van der Waals surface area contributed by atoms with Crippen molar-refractivity contribution >= 4 is 29.9 Å². The molecule has 0 spiro atoms. The van der Waals surface area contributed by atoms with Gasteiger partial charge in [-0.1, -0.05) is 45.0 Å². The van der Waals surface area contributed by atoms with Crippen LogP contribution >= 0.6 is 24.0 Å². The van der Waals surface area contributed by atoms with Crippen LogP contribution in [0.1, 0.15) is 43.5 Å². The Morgan fingerprint density at radius 1 is 1.10 bits per heavy atom. The Balaban J connectivity index is 0.00000420. The van der Waals surface area contributed by atoms with E-state index in [0.717, 1.165) is 30.6 Å². The smallest absolute Gasteiger partial charge is 0.191 e. The molecule has 0 unspecified atom stereocenters. The van der Waals surface area contributed by atoms with Crippen molar-refractivity contribution in [3.63, 3.8) is 0 Å². The second-order valence-corrected chi connectivity index (χ2v) is 7.93. The summed E-state index contributed by atoms with van der Waals surface area (Å²) in [6, 6.07) is 8.86. The fraction of sp³-hybridized carbons (Fsp3) is 0.571. The highest BCUT2D eigenvalue weighted by Crippen LogP contribution is 2.22. The molecule has 1 heterocycles. The first-order valence-corrected chi connectivity index (χ1v) is 9.76. The van der Waals surface area contributed by atoms with E-state index in [1.807, 2.05) is 18.5 Å². The second-order valence-electron chi connectivity index (χ2n) is 7.93. The van der Waals surface area contributed by atoms with Crippen LogP contribution in [-0.4, -0.2) is 47.5 Å². The van der Waals surface area contributed by atoms with Crippen molar-refractivity contribution in [2.24, 2.45) is 12.0 Å². The van der Waals surface area contributed by atoms with Gasteiger partial charge in [0, 0.05) is 27.2 Å². The van der Waals surface area contributed by atoms with Crippen LogP contribution in [0.3, 0.4) is 0 Å². The lowest BCUT2D eigenvalue weighted by atomic mass is 9.86. The third-order valence-electron chi connectivity index (χ3n) is 4.69. The van der Waals surface area contributed by atoms with Crippen LogP contribution < -0.4 is 10.6 Å². The largest absolute Gasteiger partial charge is 0.383 e. The molecular formula is C21H35IN6O. The van der Waals surface area contributed by atoms with E-state index in [1.165, 1.54) is 11.1 Å². The molecule has 1 aromatic heterocycles. The summed E-state index contributed by atoms with van der Waals surface area (Å²) in [6.07, 6.45) is 0.929. The van der Waals surface area contributed by atoms with Gasteiger partial charge in [0.25, 0.3) is 0 Å². The van der Waals surface area contributed by atoms with E-state index in [2.05, 4.69) is 70.9 Å². The summed E-state index contributed by atoms with van der Waals surface area (Å²) in [7, 11) is 3.64. The molecule has 0 atom stereocenters. The maximum atomic E-state index is 5.12. The molecule has 0 amide bonds. The van der Waals surface area contributed by atoms with Crippen molar-refractivity contribution < 1.29 is 4.74 Å². The third kappa shape index (κ3) is 8.30. The Bertz CT molecular complexity index is 764. The highest BCUT2D eigenvalue weighted by molar-refractivity contribution is 14.0. The SMILES string of the molecule is COCCNC(=NCc1nnc(C)n1C)NCCc1ccc(C(C)(C)C)cc1.I. The van der Waals surface area contributed by atoms with E-state index in [1.54, 1.807) is 7.11 Å². The maximum Gasteiger partial charge on any atom is 0.191 e. The van der Waals surface area contributed by atoms with Crippen LogP contribution in [-0.2, 0) is 30.2 Å². The number of aliphatic imine (C=N–C) groups is 1. The van der Waals surface area contributed by atoms with Crippen molar-refractivity contribution in [1.82, 2.24) is 25.4 Å². The fourth-order valence-electron chi connectivity index (χ4n) is 2.68. The Morgan fingerprint density at radius 3 is 2.31 bits per heavy atom. The molecule has 162 valence electrons. The van der Waals surface area contributed by atoms with Gasteiger partial charge in [0.05, 0.1) is 6.61 Å². The number of hydrogen-bond acceptors (Lipinski definition) is 4. The fourth-order valence-corrected chi connectivity index (χ4v) is 2.68. The van der Waals surface area contributed by atoms with Gasteiger partial charge in [0.1, 0.15) is 12.4 Å². The van der Waals surface area contributed by atoms with Gasteiger partial charge in [0.15, 0.2) is 11.8 Å². The molecular weight excluding hydrogens is 479 g/mol. The summed E-state index contributed by atoms with van der Waals surface area (Å²) in [5.74, 6) is 2.47. The number of guanidine groups is 1. The number of nitrogens with one attached hydrogen (secondary N) is 2. The van der Waals surface area contributed by atoms with Gasteiger partial charge in [-0.25, -0.2) is 4.99 Å². The van der Waals surface area contributed by atoms with Crippen molar-refractivity contribution in [3.05, 3.63) is 47.0 Å². The highest BCUT2D eigenvalue weighted by Gasteiger charge is 2.12. The van der Waals surface area contributed by atoms with Gasteiger partial charge in [-0.05, 0) is 29.9 Å². The molecule has 0 bridgehead atoms. The number of rotatable bonds is 8. The van der Waals surface area contributed by atoms with Gasteiger partial charge < -0.3 is 19.9 Å². The Hall–Kier alpha value is -1.68. The first kappa shape index (κ1) is 25.4.